The highest BCUT2D eigenvalue weighted by Gasteiger charge is 2.12. The van der Waals surface area contributed by atoms with Crippen molar-refractivity contribution in [2.75, 3.05) is 5.43 Å². The van der Waals surface area contributed by atoms with Gasteiger partial charge in [-0.3, -0.25) is 5.43 Å². The Bertz CT molecular complexity index is 1010. The van der Waals surface area contributed by atoms with Gasteiger partial charge in [-0.1, -0.05) is 36.4 Å². The molecule has 118 valence electrons. The Morgan fingerprint density at radius 1 is 1.08 bits per heavy atom. The number of aromatic hydroxyl groups is 1. The number of hydrazone groups is 1. The highest BCUT2D eigenvalue weighted by Crippen LogP contribution is 2.28. The molecule has 4 rings (SSSR count). The number of oxazole rings is 1. The van der Waals surface area contributed by atoms with E-state index in [0.717, 1.165) is 16.0 Å². The number of hydrogen-bond donors (Lipinski definition) is 2. The van der Waals surface area contributed by atoms with Crippen LogP contribution < -0.4 is 5.43 Å². The highest BCUT2D eigenvalue weighted by atomic mass is 32.1. The number of nitrogens with one attached hydrogen (secondary N) is 1. The second-order valence-corrected chi connectivity index (χ2v) is 6.07. The lowest BCUT2D eigenvalue weighted by Gasteiger charge is -2.02. The second-order valence-electron chi connectivity index (χ2n) is 5.12. The van der Waals surface area contributed by atoms with Crippen molar-refractivity contribution < 1.29 is 9.52 Å². The number of rotatable bonds is 4. The van der Waals surface area contributed by atoms with Gasteiger partial charge in [0.15, 0.2) is 5.69 Å². The van der Waals surface area contributed by atoms with E-state index in [4.69, 9.17) is 4.42 Å². The minimum atomic E-state index is -0.248. The smallest absolute Gasteiger partial charge is 0.312 e. The Morgan fingerprint density at radius 3 is 2.79 bits per heavy atom. The van der Waals surface area contributed by atoms with E-state index in [1.165, 1.54) is 22.9 Å². The Kier molecular flexibility index (Phi) is 3.72. The first-order valence-corrected chi connectivity index (χ1v) is 8.19. The molecule has 0 unspecified atom stereocenters. The molecule has 0 atom stereocenters. The summed E-state index contributed by atoms with van der Waals surface area (Å²) in [6, 6.07) is 17.9. The maximum absolute atomic E-state index is 9.83. The van der Waals surface area contributed by atoms with Gasteiger partial charge in [0.25, 0.3) is 0 Å². The fraction of sp³-hybridized carbons (Fsp3) is 0. The van der Waals surface area contributed by atoms with Crippen LogP contribution in [0.3, 0.4) is 0 Å². The van der Waals surface area contributed by atoms with Gasteiger partial charge in [0.2, 0.25) is 5.89 Å². The number of thiophene rings is 1. The molecule has 24 heavy (non-hydrogen) atoms. The zero-order valence-electron chi connectivity index (χ0n) is 12.5. The number of nitrogens with zero attached hydrogens (tertiary/aromatic N) is 2. The molecule has 2 aromatic carbocycles. The third kappa shape index (κ3) is 2.87. The number of fused-ring (bicyclic) bond motifs is 1. The molecular formula is C18H13N3O2S. The third-order valence-electron chi connectivity index (χ3n) is 3.50. The molecule has 5 nitrogen and oxygen atoms in total. The lowest BCUT2D eigenvalue weighted by Crippen LogP contribution is -1.91. The van der Waals surface area contributed by atoms with E-state index in [0.29, 0.717) is 5.89 Å². The van der Waals surface area contributed by atoms with Crippen LogP contribution in [0.5, 0.6) is 5.95 Å². The summed E-state index contributed by atoms with van der Waals surface area (Å²) in [6.45, 7) is 0. The van der Waals surface area contributed by atoms with E-state index in [-0.39, 0.29) is 11.6 Å². The van der Waals surface area contributed by atoms with E-state index < -0.39 is 0 Å². The van der Waals surface area contributed by atoms with Crippen molar-refractivity contribution in [1.29, 1.82) is 0 Å². The molecule has 0 aliphatic heterocycles. The average molecular weight is 335 g/mol. The van der Waals surface area contributed by atoms with Crippen LogP contribution in [0.2, 0.25) is 0 Å². The summed E-state index contributed by atoms with van der Waals surface area (Å²) >= 11 is 1.49. The van der Waals surface area contributed by atoms with Crippen LogP contribution in [-0.2, 0) is 0 Å². The van der Waals surface area contributed by atoms with Gasteiger partial charge in [-0.15, -0.1) is 11.3 Å². The molecule has 0 saturated heterocycles. The zero-order chi connectivity index (χ0) is 16.4. The van der Waals surface area contributed by atoms with Gasteiger partial charge in [-0.25, -0.2) is 4.98 Å². The highest BCUT2D eigenvalue weighted by molar-refractivity contribution is 7.13. The van der Waals surface area contributed by atoms with Crippen LogP contribution in [0, 0.1) is 0 Å². The third-order valence-corrected chi connectivity index (χ3v) is 4.35. The number of aromatic nitrogens is 1. The summed E-state index contributed by atoms with van der Waals surface area (Å²) in [6.07, 6.45) is 1.44. The van der Waals surface area contributed by atoms with E-state index in [1.54, 1.807) is 0 Å². The largest absolute Gasteiger partial charge is 0.479 e. The molecule has 6 heteroatoms. The maximum atomic E-state index is 9.83. The molecule has 0 bridgehead atoms. The van der Waals surface area contributed by atoms with Crippen LogP contribution >= 0.6 is 11.3 Å². The summed E-state index contributed by atoms with van der Waals surface area (Å²) in [7, 11) is 0. The molecule has 0 amide bonds. The van der Waals surface area contributed by atoms with E-state index >= 15 is 0 Å². The second kappa shape index (κ2) is 6.17. The van der Waals surface area contributed by atoms with E-state index in [1.807, 2.05) is 53.9 Å². The van der Waals surface area contributed by atoms with Crippen molar-refractivity contribution in [2.45, 2.75) is 0 Å². The van der Waals surface area contributed by atoms with Gasteiger partial charge >= 0.3 is 5.95 Å². The van der Waals surface area contributed by atoms with Gasteiger partial charge < -0.3 is 9.52 Å². The Hall–Kier alpha value is -3.12. The summed E-state index contributed by atoms with van der Waals surface area (Å²) in [5.74, 6) is 0.136. The molecule has 0 aliphatic carbocycles. The summed E-state index contributed by atoms with van der Waals surface area (Å²) < 4.78 is 5.26. The number of anilines is 1. The van der Waals surface area contributed by atoms with Crippen LogP contribution in [-0.4, -0.2) is 16.3 Å². The van der Waals surface area contributed by atoms with Crippen LogP contribution in [0.25, 0.3) is 21.5 Å². The van der Waals surface area contributed by atoms with Crippen molar-refractivity contribution in [3.63, 3.8) is 0 Å². The van der Waals surface area contributed by atoms with Crippen LogP contribution in [0.4, 0.5) is 5.69 Å². The minimum Gasteiger partial charge on any atom is -0.479 e. The topological polar surface area (TPSA) is 70.7 Å². The van der Waals surface area contributed by atoms with Crippen LogP contribution in [0.15, 0.2) is 69.5 Å². The lowest BCUT2D eigenvalue weighted by molar-refractivity contribution is 0.337. The fourth-order valence-corrected chi connectivity index (χ4v) is 2.99. The van der Waals surface area contributed by atoms with Gasteiger partial charge in [0.05, 0.1) is 16.8 Å². The minimum absolute atomic E-state index is 0.248. The van der Waals surface area contributed by atoms with Gasteiger partial charge in [-0.2, -0.15) is 5.10 Å². The molecule has 4 aromatic rings. The quantitative estimate of drug-likeness (QED) is 0.418. The van der Waals surface area contributed by atoms with Crippen LogP contribution in [0.1, 0.15) is 5.69 Å². The van der Waals surface area contributed by atoms with E-state index in [2.05, 4.69) is 21.6 Å². The van der Waals surface area contributed by atoms with Gasteiger partial charge in [-0.05, 0) is 34.4 Å². The molecule has 2 heterocycles. The Balaban J connectivity index is 1.52. The summed E-state index contributed by atoms with van der Waals surface area (Å²) in [4.78, 5) is 5.09. The SMILES string of the molecule is Oc1oc(-c2cccs2)nc1/C=N/Nc1ccc2ccccc2c1. The van der Waals surface area contributed by atoms with Crippen molar-refractivity contribution in [2.24, 2.45) is 5.10 Å². The monoisotopic (exact) mass is 335 g/mol. The molecule has 0 fully saturated rings. The van der Waals surface area contributed by atoms with Gasteiger partial charge in [0, 0.05) is 0 Å². The molecule has 0 saturated carbocycles. The molecule has 0 aliphatic rings. The first-order chi connectivity index (χ1) is 11.8. The summed E-state index contributed by atoms with van der Waals surface area (Å²) in [5, 5.41) is 18.2. The number of benzene rings is 2. The normalized spacial score (nSPS) is 11.3. The first kappa shape index (κ1) is 14.5. The maximum Gasteiger partial charge on any atom is 0.312 e. The van der Waals surface area contributed by atoms with Crippen molar-refractivity contribution in [1.82, 2.24) is 4.98 Å². The predicted octanol–water partition coefficient (Wildman–Crippen LogP) is 4.71. The average Bonchev–Trinajstić information content (AvgIpc) is 3.25. The Labute approximate surface area is 141 Å². The lowest BCUT2D eigenvalue weighted by atomic mass is 10.1. The zero-order valence-corrected chi connectivity index (χ0v) is 13.3. The Morgan fingerprint density at radius 2 is 1.96 bits per heavy atom. The fourth-order valence-electron chi connectivity index (χ4n) is 2.34. The van der Waals surface area contributed by atoms with Crippen molar-refractivity contribution in [3.05, 3.63) is 65.7 Å². The standard InChI is InChI=1S/C18H13N3O2S/c22-18-15(20-17(23-18)16-6-3-9-24-16)11-19-21-14-8-7-12-4-1-2-5-13(12)10-14/h1-11,21-22H/b19-11+. The molecule has 0 spiro atoms. The first-order valence-electron chi connectivity index (χ1n) is 7.31. The van der Waals surface area contributed by atoms with E-state index in [9.17, 15) is 5.11 Å². The predicted molar refractivity (Wildman–Crippen MR) is 96.6 cm³/mol. The molecular weight excluding hydrogens is 322 g/mol. The molecule has 2 N–H and O–H groups in total. The van der Waals surface area contributed by atoms with Gasteiger partial charge in [0.1, 0.15) is 0 Å². The van der Waals surface area contributed by atoms with Crippen molar-refractivity contribution in [3.8, 4) is 16.7 Å². The summed E-state index contributed by atoms with van der Waals surface area (Å²) in [5.41, 5.74) is 4.07. The molecule has 0 radical (unpaired) electrons. The number of hydrogen-bond acceptors (Lipinski definition) is 6. The molecule has 2 aromatic heterocycles. The van der Waals surface area contributed by atoms with Crippen molar-refractivity contribution >= 4 is 34.0 Å².